The number of hydrogen-bond donors (Lipinski definition) is 4. The normalized spacial score (nSPS) is 14.5. The Morgan fingerprint density at radius 3 is 1.51 bits per heavy atom. The number of carbonyl (C=O) groups is 1. The average molecular weight is 656 g/mol. The van der Waals surface area contributed by atoms with Crippen LogP contribution in [0, 0.1) is 0 Å². The second kappa shape index (κ2) is 31.1. The SMILES string of the molecule is CCCCCCCC/C=C\C/C=C\CC(O)C(=O)NC(CS(=O)(=O)O)C(O)/C=C/CCCCCCCCCCCCCCCC. The van der Waals surface area contributed by atoms with Crippen LogP contribution >= 0.6 is 0 Å². The van der Waals surface area contributed by atoms with E-state index in [1.54, 1.807) is 12.2 Å². The van der Waals surface area contributed by atoms with Gasteiger partial charge in [0.2, 0.25) is 5.91 Å². The molecule has 4 N–H and O–H groups in total. The smallest absolute Gasteiger partial charge is 0.267 e. The van der Waals surface area contributed by atoms with Crippen molar-refractivity contribution in [2.45, 2.75) is 186 Å². The quantitative estimate of drug-likeness (QED) is 0.0326. The Morgan fingerprint density at radius 1 is 0.622 bits per heavy atom. The highest BCUT2D eigenvalue weighted by molar-refractivity contribution is 7.85. The van der Waals surface area contributed by atoms with Gasteiger partial charge in [-0.15, -0.1) is 0 Å². The van der Waals surface area contributed by atoms with Gasteiger partial charge in [0.15, 0.2) is 0 Å². The van der Waals surface area contributed by atoms with Crippen LogP contribution in [-0.2, 0) is 14.9 Å². The minimum atomic E-state index is -4.45. The molecule has 0 aliphatic heterocycles. The molecule has 0 saturated carbocycles. The van der Waals surface area contributed by atoms with Gasteiger partial charge in [0.1, 0.15) is 6.10 Å². The highest BCUT2D eigenvalue weighted by atomic mass is 32.2. The monoisotopic (exact) mass is 655 g/mol. The van der Waals surface area contributed by atoms with Gasteiger partial charge < -0.3 is 15.5 Å². The fraction of sp³-hybridized carbons (Fsp3) is 0.811. The Bertz CT molecular complexity index is 870. The maximum atomic E-state index is 12.5. The van der Waals surface area contributed by atoms with Gasteiger partial charge in [-0.2, -0.15) is 8.42 Å². The first-order valence-electron chi connectivity index (χ1n) is 18.3. The van der Waals surface area contributed by atoms with Crippen LogP contribution in [0.1, 0.15) is 168 Å². The molecule has 0 heterocycles. The maximum Gasteiger partial charge on any atom is 0.267 e. The highest BCUT2D eigenvalue weighted by Crippen LogP contribution is 2.14. The van der Waals surface area contributed by atoms with Crippen LogP contribution < -0.4 is 5.32 Å². The molecular formula is C37H69NO6S. The summed E-state index contributed by atoms with van der Waals surface area (Å²) in [4.78, 5) is 12.5. The largest absolute Gasteiger partial charge is 0.387 e. The number of rotatable bonds is 32. The molecule has 3 unspecified atom stereocenters. The summed E-state index contributed by atoms with van der Waals surface area (Å²) in [6.45, 7) is 4.47. The molecule has 0 aromatic carbocycles. The highest BCUT2D eigenvalue weighted by Gasteiger charge is 2.27. The van der Waals surface area contributed by atoms with E-state index in [2.05, 4.69) is 31.3 Å². The van der Waals surface area contributed by atoms with E-state index in [4.69, 9.17) is 0 Å². The van der Waals surface area contributed by atoms with Gasteiger partial charge >= 0.3 is 0 Å². The van der Waals surface area contributed by atoms with Crippen LogP contribution in [-0.4, -0.2) is 53.1 Å². The number of unbranched alkanes of at least 4 members (excludes halogenated alkanes) is 20. The first-order chi connectivity index (χ1) is 21.7. The second-order valence-corrected chi connectivity index (χ2v) is 14.2. The van der Waals surface area contributed by atoms with Crippen LogP contribution in [0.2, 0.25) is 0 Å². The van der Waals surface area contributed by atoms with Crippen molar-refractivity contribution in [1.82, 2.24) is 5.32 Å². The van der Waals surface area contributed by atoms with Crippen molar-refractivity contribution >= 4 is 16.0 Å². The summed E-state index contributed by atoms with van der Waals surface area (Å²) in [5.74, 6) is -1.62. The number of allylic oxidation sites excluding steroid dienone is 4. The second-order valence-electron chi connectivity index (χ2n) is 12.7. The molecule has 0 bridgehead atoms. The zero-order valence-corrected chi connectivity index (χ0v) is 29.7. The molecule has 0 aliphatic rings. The molecule has 0 fully saturated rings. The molecule has 0 rings (SSSR count). The zero-order valence-electron chi connectivity index (χ0n) is 28.8. The molecule has 7 nitrogen and oxygen atoms in total. The molecule has 1 amide bonds. The van der Waals surface area contributed by atoms with E-state index >= 15 is 0 Å². The van der Waals surface area contributed by atoms with Crippen molar-refractivity contribution in [2.24, 2.45) is 0 Å². The van der Waals surface area contributed by atoms with E-state index in [1.807, 2.05) is 6.08 Å². The third-order valence-corrected chi connectivity index (χ3v) is 8.96. The van der Waals surface area contributed by atoms with Crippen molar-refractivity contribution < 1.29 is 28.0 Å². The predicted molar refractivity (Wildman–Crippen MR) is 190 cm³/mol. The van der Waals surface area contributed by atoms with Crippen LogP contribution in [0.5, 0.6) is 0 Å². The minimum absolute atomic E-state index is 0.0702. The summed E-state index contributed by atoms with van der Waals surface area (Å²) in [6, 6.07) is -1.26. The summed E-state index contributed by atoms with van der Waals surface area (Å²) in [5, 5.41) is 23.2. The van der Waals surface area contributed by atoms with Gasteiger partial charge in [-0.05, 0) is 32.1 Å². The van der Waals surface area contributed by atoms with Crippen molar-refractivity contribution in [2.75, 3.05) is 5.75 Å². The summed E-state index contributed by atoms with van der Waals surface area (Å²) in [6.07, 6.45) is 36.5. The zero-order chi connectivity index (χ0) is 33.4. The Hall–Kier alpha value is -1.48. The topological polar surface area (TPSA) is 124 Å². The lowest BCUT2D eigenvalue weighted by Gasteiger charge is -2.22. The van der Waals surface area contributed by atoms with E-state index < -0.39 is 40.0 Å². The third-order valence-electron chi connectivity index (χ3n) is 8.18. The Labute approximate surface area is 277 Å². The average Bonchev–Trinajstić information content (AvgIpc) is 3.00. The predicted octanol–water partition coefficient (Wildman–Crippen LogP) is 9.15. The van der Waals surface area contributed by atoms with E-state index in [1.165, 1.54) is 122 Å². The minimum Gasteiger partial charge on any atom is -0.387 e. The molecule has 3 atom stereocenters. The number of hydrogen-bond acceptors (Lipinski definition) is 5. The van der Waals surface area contributed by atoms with Gasteiger partial charge in [0.05, 0.1) is 17.9 Å². The van der Waals surface area contributed by atoms with Gasteiger partial charge in [0, 0.05) is 6.42 Å². The number of nitrogens with one attached hydrogen (secondary N) is 1. The van der Waals surface area contributed by atoms with Gasteiger partial charge in [-0.25, -0.2) is 0 Å². The summed E-state index contributed by atoms with van der Waals surface area (Å²) in [5.41, 5.74) is 0. The van der Waals surface area contributed by atoms with Gasteiger partial charge in [-0.3, -0.25) is 9.35 Å². The van der Waals surface area contributed by atoms with Gasteiger partial charge in [-0.1, -0.05) is 166 Å². The lowest BCUT2D eigenvalue weighted by atomic mass is 10.0. The summed E-state index contributed by atoms with van der Waals surface area (Å²) in [7, 11) is -4.45. The number of aliphatic hydroxyl groups is 2. The van der Waals surface area contributed by atoms with Crippen molar-refractivity contribution in [3.8, 4) is 0 Å². The Morgan fingerprint density at radius 2 is 1.04 bits per heavy atom. The molecule has 0 saturated heterocycles. The fourth-order valence-electron chi connectivity index (χ4n) is 5.32. The van der Waals surface area contributed by atoms with Crippen molar-refractivity contribution in [3.63, 3.8) is 0 Å². The first kappa shape index (κ1) is 43.5. The number of aliphatic hydroxyl groups excluding tert-OH is 2. The Balaban J connectivity index is 4.21. The summed E-state index contributed by atoms with van der Waals surface area (Å²) >= 11 is 0. The third kappa shape index (κ3) is 30.9. The molecule has 0 aliphatic carbocycles. The van der Waals surface area contributed by atoms with Crippen LogP contribution in [0.3, 0.4) is 0 Å². The standard InChI is InChI=1S/C37H69NO6S/c1-3-5-7-9-11-13-15-17-18-19-20-22-23-25-27-29-31-35(39)34(33-45(42,43)44)38-37(41)36(40)32-30-28-26-24-21-16-14-12-10-8-6-4-2/h21,24,28-31,34-36,39-40H,3-20,22-23,25-27,32-33H2,1-2H3,(H,38,41)(H,42,43,44)/b24-21-,30-28-,31-29+. The molecular weight excluding hydrogens is 586 g/mol. The van der Waals surface area contributed by atoms with Crippen LogP contribution in [0.25, 0.3) is 0 Å². The first-order valence-corrected chi connectivity index (χ1v) is 19.9. The molecule has 0 radical (unpaired) electrons. The molecule has 0 aromatic rings. The Kier molecular flexibility index (Phi) is 30.1. The lowest BCUT2D eigenvalue weighted by molar-refractivity contribution is -0.130. The van der Waals surface area contributed by atoms with Crippen LogP contribution in [0.4, 0.5) is 0 Å². The van der Waals surface area contributed by atoms with E-state index in [0.717, 1.165) is 25.7 Å². The summed E-state index contributed by atoms with van der Waals surface area (Å²) < 4.78 is 32.3. The fourth-order valence-corrected chi connectivity index (χ4v) is 6.06. The van der Waals surface area contributed by atoms with E-state index in [9.17, 15) is 28.0 Å². The van der Waals surface area contributed by atoms with E-state index in [-0.39, 0.29) is 6.42 Å². The van der Waals surface area contributed by atoms with E-state index in [0.29, 0.717) is 6.42 Å². The lowest BCUT2D eigenvalue weighted by Crippen LogP contribution is -2.50. The molecule has 45 heavy (non-hydrogen) atoms. The van der Waals surface area contributed by atoms with Crippen LogP contribution in [0.15, 0.2) is 36.5 Å². The van der Waals surface area contributed by atoms with Crippen molar-refractivity contribution in [3.05, 3.63) is 36.5 Å². The molecule has 0 aromatic heterocycles. The van der Waals surface area contributed by atoms with Gasteiger partial charge in [0.25, 0.3) is 10.1 Å². The molecule has 0 spiro atoms. The van der Waals surface area contributed by atoms with Crippen molar-refractivity contribution in [1.29, 1.82) is 0 Å². The maximum absolute atomic E-state index is 12.5. The number of amides is 1. The molecule has 8 heteroatoms. The molecule has 264 valence electrons. The number of carbonyl (C=O) groups excluding carboxylic acids is 1.